The molecule has 2 bridgehead atoms. The molecule has 1 aromatic carbocycles. The van der Waals surface area contributed by atoms with Crippen LogP contribution in [0.5, 0.6) is 5.75 Å². The summed E-state index contributed by atoms with van der Waals surface area (Å²) in [7, 11) is 0. The Hall–Kier alpha value is -4.68. The number of nitrogens with two attached hydrogens (primary N) is 1. The van der Waals surface area contributed by atoms with Crippen LogP contribution in [0.15, 0.2) is 91.1 Å². The topological polar surface area (TPSA) is 369 Å². The van der Waals surface area contributed by atoms with Crippen LogP contribution in [0.25, 0.3) is 0 Å². The van der Waals surface area contributed by atoms with Crippen LogP contribution in [0.4, 0.5) is 0 Å². The first-order valence-corrected chi connectivity index (χ1v) is 33.8. The van der Waals surface area contributed by atoms with Gasteiger partial charge in [-0.1, -0.05) is 106 Å². The summed E-state index contributed by atoms with van der Waals surface area (Å²) in [5, 5.41) is 140. The fraction of sp³-hybridized carbons (Fsp3) is 0.694. The molecule has 25 atom stereocenters. The molecule has 4 aliphatic carbocycles. The number of aryl methyl sites for hydroxylation is 1. The summed E-state index contributed by atoms with van der Waals surface area (Å²) in [6.45, 7) is 8.89. The number of hydrogen-bond acceptors (Lipinski definition) is 20. The number of rotatable bonds is 5. The van der Waals surface area contributed by atoms with E-state index >= 15 is 0 Å². The van der Waals surface area contributed by atoms with Gasteiger partial charge in [-0.3, -0.25) is 9.59 Å². The van der Waals surface area contributed by atoms with Gasteiger partial charge in [0.15, 0.2) is 17.7 Å². The number of aliphatic carboxylic acids is 1. The highest BCUT2D eigenvalue weighted by atomic mass is 16.7. The molecule has 5 fully saturated rings. The number of carboxylic acid groups (broad SMARTS) is 1. The van der Waals surface area contributed by atoms with Crippen LogP contribution < -0.4 is 10.5 Å². The largest absolute Gasteiger partial charge is 0.490 e. The number of carboxylic acids is 1. The number of esters is 1. The lowest BCUT2D eigenvalue weighted by Crippen LogP contribution is -2.61. The van der Waals surface area contributed by atoms with Crippen molar-refractivity contribution in [3.8, 4) is 18.1 Å². The van der Waals surface area contributed by atoms with Gasteiger partial charge in [-0.2, -0.15) is 0 Å². The number of carbonyl (C=O) groups is 2. The predicted molar refractivity (Wildman–Crippen MR) is 346 cm³/mol. The molecule has 3 heterocycles. The van der Waals surface area contributed by atoms with E-state index in [0.29, 0.717) is 24.4 Å². The van der Waals surface area contributed by atoms with E-state index in [9.17, 15) is 76.0 Å². The van der Waals surface area contributed by atoms with Crippen molar-refractivity contribution in [1.29, 1.82) is 0 Å². The van der Waals surface area contributed by atoms with Crippen molar-refractivity contribution >= 4 is 11.9 Å². The smallest absolute Gasteiger partial charge is 0.311 e. The molecule has 0 spiro atoms. The second-order valence-electron chi connectivity index (χ2n) is 27.8. The summed E-state index contributed by atoms with van der Waals surface area (Å²) in [6.07, 6.45) is 17.2. The first-order chi connectivity index (χ1) is 44.1. The summed E-state index contributed by atoms with van der Waals surface area (Å²) >= 11 is 0. The number of benzene rings is 1. The monoisotopic (exact) mass is 1310 g/mol. The van der Waals surface area contributed by atoms with E-state index in [1.165, 1.54) is 49.8 Å². The average molecular weight is 1310 g/mol. The maximum absolute atomic E-state index is 12.6. The summed E-state index contributed by atoms with van der Waals surface area (Å²) < 4.78 is 29.4. The highest BCUT2D eigenvalue weighted by Gasteiger charge is 2.65. The van der Waals surface area contributed by atoms with Gasteiger partial charge in [0.25, 0.3) is 0 Å². The second-order valence-corrected chi connectivity index (χ2v) is 27.8. The fourth-order valence-corrected chi connectivity index (χ4v) is 15.2. The molecule has 0 aromatic heterocycles. The van der Waals surface area contributed by atoms with Gasteiger partial charge in [-0.25, -0.2) is 0 Å². The van der Waals surface area contributed by atoms with Crippen molar-refractivity contribution in [2.24, 2.45) is 40.7 Å². The zero-order chi connectivity index (χ0) is 68.0. The molecule has 0 unspecified atom stereocenters. The average Bonchev–Trinajstić information content (AvgIpc) is 1.59. The number of ether oxygens (including phenoxy) is 5. The van der Waals surface area contributed by atoms with Crippen molar-refractivity contribution in [1.82, 2.24) is 0 Å². The number of terminal acetylenes is 1. The third-order valence-electron chi connectivity index (χ3n) is 21.0. The van der Waals surface area contributed by atoms with Crippen LogP contribution in [0.3, 0.4) is 0 Å². The Labute approximate surface area is 548 Å². The van der Waals surface area contributed by atoms with E-state index in [2.05, 4.69) is 31.0 Å². The first kappa shape index (κ1) is 75.7. The minimum Gasteiger partial charge on any atom is -0.490 e. The number of allylic oxidation sites excluding steroid dienone is 10. The SMILES string of the molecule is C#C[C@]1(O)[C@H](O)C[C@H]2[C@@H]3CCc4cc(OC5CCCC5)ccc4[C@H]3CC[C@@]21C.C[C@@H]1[C@H](O)[C@@H](C)/C=C/C=C/CC/C=C/C=C/C=C/C=C/[C@H](O[C@@H]2O[C@H](C)[C@@H](O)[C@H](N)[C@@H]2O)C[C@@H]2O[C@](O)(C[C@@H](O)[C@H](O)CC[C@@H](O)C[C@@H](O)C[C@@H](O)CC(=O)O[C@H]1C)C[C@H](O)[C@H]2C(=O)O. The number of fused-ring (bicyclic) bond motifs is 7. The van der Waals surface area contributed by atoms with Crippen LogP contribution in [0.2, 0.25) is 0 Å². The number of cyclic esters (lactones) is 1. The summed E-state index contributed by atoms with van der Waals surface area (Å²) in [4.78, 5) is 25.1. The maximum atomic E-state index is 12.6. The molecule has 7 aliphatic rings. The Morgan fingerprint density at radius 3 is 2.04 bits per heavy atom. The van der Waals surface area contributed by atoms with Crippen molar-refractivity contribution in [3.05, 3.63) is 102 Å². The van der Waals surface area contributed by atoms with E-state index < -0.39 is 152 Å². The zero-order valence-electron chi connectivity index (χ0n) is 54.7. The van der Waals surface area contributed by atoms with E-state index in [4.69, 9.17) is 35.8 Å². The highest BCUT2D eigenvalue weighted by Crippen LogP contribution is 2.64. The molecule has 0 radical (unpaired) electrons. The molecule has 3 aliphatic heterocycles. The van der Waals surface area contributed by atoms with Gasteiger partial charge >= 0.3 is 11.9 Å². The van der Waals surface area contributed by atoms with Crippen LogP contribution in [-0.2, 0) is 35.0 Å². The molecule has 3 saturated carbocycles. The number of aliphatic hydroxyl groups excluding tert-OH is 10. The van der Waals surface area contributed by atoms with Crippen LogP contribution >= 0.6 is 0 Å². The van der Waals surface area contributed by atoms with E-state index in [1.54, 1.807) is 38.2 Å². The molecule has 93 heavy (non-hydrogen) atoms. The Morgan fingerprint density at radius 1 is 0.710 bits per heavy atom. The number of aliphatic hydroxyl groups is 12. The van der Waals surface area contributed by atoms with Crippen molar-refractivity contribution < 1.29 is 99.7 Å². The Balaban J connectivity index is 0.000000357. The predicted octanol–water partition coefficient (Wildman–Crippen LogP) is 5.13. The Kier molecular flexibility index (Phi) is 28.1. The standard InChI is InChI=1S/C47H75NO17.C25H32O3/c1-27-17-15-13-11-9-7-5-6-8-10-12-14-16-18-34(64-46-44(58)41(48)43(57)30(4)63-46)24-38-40(45(59)60)37(54)26-47(61,65-38)25-36(53)35(52)20-19-31(49)21-32(50)22-33(51)23-39(55)62-29(3)28(2)42(27)56;1-3-25(27)23(26)15-22-21-10-8-16-14-18(28-17-6-4-5-7-17)9-11-19(16)20(21)12-13-24(22,25)2/h5-6,8,10-18,27-38,40-44,46,49-54,56-58,61H,7,9,19-26,48H2,1-4H3,(H,59,60);1,9,11,14,17,20-23,26-27H,4-8,10,12-13,15H2,2H3/b6-5+,10-8+,13-11+,14-12+,17-15+,18-16+;/t27-,28-,29-,30+,31+,32+,33+,34-,35+,36+,37-,38-,40+,41-,42+,43+,44-,46-,47+;20-,21-,22+,23-,24+,25+/m01/s1. The summed E-state index contributed by atoms with van der Waals surface area (Å²) in [5.41, 5.74) is 7.15. The fourth-order valence-electron chi connectivity index (χ4n) is 15.2. The molecule has 520 valence electrons. The van der Waals surface area contributed by atoms with Crippen molar-refractivity contribution in [3.63, 3.8) is 0 Å². The zero-order valence-corrected chi connectivity index (χ0v) is 54.7. The molecule has 15 N–H and O–H groups in total. The van der Waals surface area contributed by atoms with Gasteiger partial charge in [0.1, 0.15) is 23.9 Å². The Morgan fingerprint density at radius 2 is 1.35 bits per heavy atom. The molecular formula is C72H107NO20. The van der Waals surface area contributed by atoms with Crippen LogP contribution in [-0.4, -0.2) is 194 Å². The lowest BCUT2D eigenvalue weighted by molar-refractivity contribution is -0.310. The minimum absolute atomic E-state index is 0.138. The van der Waals surface area contributed by atoms with E-state index in [1.807, 2.05) is 49.5 Å². The van der Waals surface area contributed by atoms with Crippen LogP contribution in [0, 0.1) is 47.3 Å². The normalized spacial score (nSPS) is 44.4. The van der Waals surface area contributed by atoms with Gasteiger partial charge in [0.05, 0.1) is 91.8 Å². The summed E-state index contributed by atoms with van der Waals surface area (Å²) in [5.74, 6) is -1.93. The molecule has 1 aromatic rings. The maximum Gasteiger partial charge on any atom is 0.311 e. The van der Waals surface area contributed by atoms with Crippen molar-refractivity contribution in [2.45, 2.75) is 278 Å². The molecule has 0 amide bonds. The van der Waals surface area contributed by atoms with Gasteiger partial charge in [-0.05, 0) is 151 Å². The lowest BCUT2D eigenvalue weighted by Gasteiger charge is -2.52. The number of hydrogen-bond donors (Lipinski definition) is 14. The third-order valence-corrected chi connectivity index (χ3v) is 21.0. The molecule has 8 rings (SSSR count). The van der Waals surface area contributed by atoms with Gasteiger partial charge in [0.2, 0.25) is 0 Å². The third kappa shape index (κ3) is 19.8. The van der Waals surface area contributed by atoms with Crippen molar-refractivity contribution in [2.75, 3.05) is 0 Å². The minimum atomic E-state index is -2.35. The second kappa shape index (κ2) is 34.5. The van der Waals surface area contributed by atoms with Gasteiger partial charge < -0.3 is 95.8 Å². The number of carbonyl (C=O) groups excluding carboxylic acids is 1. The Bertz CT molecular complexity index is 2780. The quantitative estimate of drug-likeness (QED) is 0.134. The molecule has 21 nitrogen and oxygen atoms in total. The summed E-state index contributed by atoms with van der Waals surface area (Å²) in [6, 6.07) is 5.58. The molecule has 21 heteroatoms. The van der Waals surface area contributed by atoms with E-state index in [-0.39, 0.29) is 49.4 Å². The van der Waals surface area contributed by atoms with Crippen LogP contribution in [0.1, 0.15) is 167 Å². The highest BCUT2D eigenvalue weighted by molar-refractivity contribution is 5.72. The molecule has 2 saturated heterocycles. The van der Waals surface area contributed by atoms with Gasteiger partial charge in [0, 0.05) is 36.5 Å². The lowest BCUT2D eigenvalue weighted by atomic mass is 9.53. The first-order valence-electron chi connectivity index (χ1n) is 33.8. The van der Waals surface area contributed by atoms with E-state index in [0.717, 1.165) is 44.3 Å². The van der Waals surface area contributed by atoms with Gasteiger partial charge in [-0.15, -0.1) is 6.42 Å². The molecular weight excluding hydrogens is 1200 g/mol.